The third-order valence-electron chi connectivity index (χ3n) is 3.10. The van der Waals surface area contributed by atoms with E-state index in [-0.39, 0.29) is 5.56 Å². The number of amides is 1. The summed E-state index contributed by atoms with van der Waals surface area (Å²) in [5.74, 6) is 0.383. The molecule has 0 saturated carbocycles. The predicted octanol–water partition coefficient (Wildman–Crippen LogP) is 3.93. The number of H-pyrrole nitrogens is 1. The predicted molar refractivity (Wildman–Crippen MR) is 88.6 cm³/mol. The van der Waals surface area contributed by atoms with E-state index in [0.29, 0.717) is 21.8 Å². The van der Waals surface area contributed by atoms with Gasteiger partial charge in [0.05, 0.1) is 0 Å². The highest BCUT2D eigenvalue weighted by atomic mass is 79.9. The van der Waals surface area contributed by atoms with Crippen LogP contribution in [0.5, 0.6) is 0 Å². The lowest BCUT2D eigenvalue weighted by Crippen LogP contribution is -2.12. The Hall–Kier alpha value is -2.54. The highest BCUT2D eigenvalue weighted by Gasteiger charge is 2.10. The molecule has 0 bridgehead atoms. The lowest BCUT2D eigenvalue weighted by atomic mass is 10.1. The largest absolute Gasteiger partial charge is 0.322 e. The molecular weight excluding hydrogens is 363 g/mol. The number of carbonyl (C=O) groups is 1. The molecule has 0 saturated heterocycles. The zero-order valence-electron chi connectivity index (χ0n) is 12.1. The van der Waals surface area contributed by atoms with Crippen LogP contribution in [-0.2, 0) is 0 Å². The van der Waals surface area contributed by atoms with Crippen LogP contribution in [0.2, 0.25) is 0 Å². The topological polar surface area (TPSA) is 70.7 Å². The van der Waals surface area contributed by atoms with E-state index >= 15 is 0 Å². The molecule has 0 radical (unpaired) electrons. The highest BCUT2D eigenvalue weighted by Crippen LogP contribution is 2.21. The quantitative estimate of drug-likeness (QED) is 0.729. The van der Waals surface area contributed by atoms with Crippen molar-refractivity contribution in [3.8, 4) is 11.4 Å². The van der Waals surface area contributed by atoms with Crippen LogP contribution in [0.3, 0.4) is 0 Å². The Kier molecular flexibility index (Phi) is 4.20. The molecule has 116 valence electrons. The normalized spacial score (nSPS) is 10.6. The van der Waals surface area contributed by atoms with E-state index in [0.717, 1.165) is 5.56 Å². The van der Waals surface area contributed by atoms with Crippen LogP contribution < -0.4 is 5.32 Å². The molecule has 2 N–H and O–H groups in total. The molecule has 1 heterocycles. The SMILES string of the molecule is Cc1nc(-c2cccc(NC(=O)c3cc(F)cc(Br)c3)c2)n[nH]1. The second-order valence-electron chi connectivity index (χ2n) is 4.94. The van der Waals surface area contributed by atoms with Gasteiger partial charge in [0, 0.05) is 21.3 Å². The van der Waals surface area contributed by atoms with E-state index in [2.05, 4.69) is 36.4 Å². The van der Waals surface area contributed by atoms with E-state index in [1.165, 1.54) is 12.1 Å². The second kappa shape index (κ2) is 6.29. The maximum Gasteiger partial charge on any atom is 0.255 e. The molecule has 1 amide bonds. The number of anilines is 1. The molecule has 2 aromatic carbocycles. The molecule has 0 fully saturated rings. The fourth-order valence-corrected chi connectivity index (χ4v) is 2.56. The molecule has 5 nitrogen and oxygen atoms in total. The van der Waals surface area contributed by atoms with Gasteiger partial charge in [-0.2, -0.15) is 5.10 Å². The number of aromatic nitrogens is 3. The van der Waals surface area contributed by atoms with Crippen molar-refractivity contribution in [1.29, 1.82) is 0 Å². The van der Waals surface area contributed by atoms with Gasteiger partial charge in [0.2, 0.25) is 0 Å². The van der Waals surface area contributed by atoms with Crippen LogP contribution in [0.4, 0.5) is 10.1 Å². The lowest BCUT2D eigenvalue weighted by Gasteiger charge is -2.07. The molecule has 23 heavy (non-hydrogen) atoms. The van der Waals surface area contributed by atoms with Gasteiger partial charge in [-0.1, -0.05) is 28.1 Å². The minimum atomic E-state index is -0.477. The third kappa shape index (κ3) is 3.62. The number of carbonyl (C=O) groups excluding carboxylic acids is 1. The summed E-state index contributed by atoms with van der Waals surface area (Å²) in [7, 11) is 0. The molecule has 1 aromatic heterocycles. The Balaban J connectivity index is 1.84. The first-order chi connectivity index (χ1) is 11.0. The van der Waals surface area contributed by atoms with E-state index < -0.39 is 11.7 Å². The first-order valence-electron chi connectivity index (χ1n) is 6.78. The van der Waals surface area contributed by atoms with Crippen LogP contribution >= 0.6 is 15.9 Å². The number of aromatic amines is 1. The van der Waals surface area contributed by atoms with Gasteiger partial charge in [0.1, 0.15) is 11.6 Å². The van der Waals surface area contributed by atoms with E-state index in [1.54, 1.807) is 24.3 Å². The van der Waals surface area contributed by atoms with Crippen molar-refractivity contribution in [1.82, 2.24) is 15.2 Å². The van der Waals surface area contributed by atoms with Crippen molar-refractivity contribution in [3.63, 3.8) is 0 Å². The Morgan fingerprint density at radius 1 is 1.26 bits per heavy atom. The number of aryl methyl sites for hydroxylation is 1. The van der Waals surface area contributed by atoms with Gasteiger partial charge in [0.25, 0.3) is 5.91 Å². The zero-order chi connectivity index (χ0) is 16.4. The van der Waals surface area contributed by atoms with E-state index in [1.807, 2.05) is 13.0 Å². The summed E-state index contributed by atoms with van der Waals surface area (Å²) in [6, 6.07) is 11.2. The van der Waals surface area contributed by atoms with E-state index in [9.17, 15) is 9.18 Å². The van der Waals surface area contributed by atoms with Crippen LogP contribution in [0.15, 0.2) is 46.9 Å². The molecule has 0 spiro atoms. The lowest BCUT2D eigenvalue weighted by molar-refractivity contribution is 0.102. The molecule has 0 aliphatic rings. The number of benzene rings is 2. The van der Waals surface area contributed by atoms with Crippen LogP contribution in [0.1, 0.15) is 16.2 Å². The summed E-state index contributed by atoms with van der Waals surface area (Å²) < 4.78 is 13.9. The molecular formula is C16H12BrFN4O. The summed E-state index contributed by atoms with van der Waals surface area (Å²) in [6.45, 7) is 1.81. The van der Waals surface area contributed by atoms with Gasteiger partial charge in [-0.15, -0.1) is 0 Å². The first-order valence-corrected chi connectivity index (χ1v) is 7.57. The summed E-state index contributed by atoms with van der Waals surface area (Å²) in [6.07, 6.45) is 0. The van der Waals surface area contributed by atoms with Crippen molar-refractivity contribution in [2.24, 2.45) is 0 Å². The fourth-order valence-electron chi connectivity index (χ4n) is 2.10. The van der Waals surface area contributed by atoms with Crippen molar-refractivity contribution < 1.29 is 9.18 Å². The van der Waals surface area contributed by atoms with Crippen molar-refractivity contribution in [3.05, 3.63) is 64.1 Å². The number of nitrogens with zero attached hydrogens (tertiary/aromatic N) is 2. The molecule has 3 aromatic rings. The minimum Gasteiger partial charge on any atom is -0.322 e. The first kappa shape index (κ1) is 15.4. The number of halogens is 2. The van der Waals surface area contributed by atoms with Gasteiger partial charge >= 0.3 is 0 Å². The minimum absolute atomic E-state index is 0.232. The standard InChI is InChI=1S/C16H12BrFN4O/c1-9-19-15(22-21-9)10-3-2-4-14(7-10)20-16(23)11-5-12(17)8-13(18)6-11/h2-8H,1H3,(H,20,23)(H,19,21,22). The van der Waals surface area contributed by atoms with Gasteiger partial charge in [0.15, 0.2) is 5.82 Å². The van der Waals surface area contributed by atoms with Crippen molar-refractivity contribution >= 4 is 27.5 Å². The Morgan fingerprint density at radius 3 is 2.78 bits per heavy atom. The Morgan fingerprint density at radius 2 is 2.09 bits per heavy atom. The summed E-state index contributed by atoms with van der Waals surface area (Å²) in [5, 5.41) is 9.59. The van der Waals surface area contributed by atoms with Gasteiger partial charge in [-0.05, 0) is 37.3 Å². The monoisotopic (exact) mass is 374 g/mol. The van der Waals surface area contributed by atoms with Crippen molar-refractivity contribution in [2.45, 2.75) is 6.92 Å². The van der Waals surface area contributed by atoms with Crippen LogP contribution in [0, 0.1) is 12.7 Å². The molecule has 7 heteroatoms. The van der Waals surface area contributed by atoms with Gasteiger partial charge < -0.3 is 5.32 Å². The maximum absolute atomic E-state index is 13.4. The molecule has 0 aliphatic heterocycles. The van der Waals surface area contributed by atoms with Crippen LogP contribution in [-0.4, -0.2) is 21.1 Å². The highest BCUT2D eigenvalue weighted by molar-refractivity contribution is 9.10. The van der Waals surface area contributed by atoms with Crippen LogP contribution in [0.25, 0.3) is 11.4 Å². The molecule has 0 unspecified atom stereocenters. The third-order valence-corrected chi connectivity index (χ3v) is 3.56. The number of hydrogen-bond acceptors (Lipinski definition) is 3. The summed E-state index contributed by atoms with van der Waals surface area (Å²) in [5.41, 5.74) is 1.58. The van der Waals surface area contributed by atoms with Crippen molar-refractivity contribution in [2.75, 3.05) is 5.32 Å². The number of nitrogens with one attached hydrogen (secondary N) is 2. The summed E-state index contributed by atoms with van der Waals surface area (Å²) in [4.78, 5) is 16.5. The van der Waals surface area contributed by atoms with E-state index in [4.69, 9.17) is 0 Å². The fraction of sp³-hybridized carbons (Fsp3) is 0.0625. The number of hydrogen-bond donors (Lipinski definition) is 2. The number of rotatable bonds is 3. The maximum atomic E-state index is 13.4. The zero-order valence-corrected chi connectivity index (χ0v) is 13.7. The molecule has 0 aliphatic carbocycles. The average molecular weight is 375 g/mol. The second-order valence-corrected chi connectivity index (χ2v) is 5.85. The molecule has 0 atom stereocenters. The van der Waals surface area contributed by atoms with Gasteiger partial charge in [-0.25, -0.2) is 9.37 Å². The Bertz CT molecular complexity index is 858. The Labute approximate surface area is 140 Å². The molecule has 3 rings (SSSR count). The average Bonchev–Trinajstić information content (AvgIpc) is 2.93. The smallest absolute Gasteiger partial charge is 0.255 e. The van der Waals surface area contributed by atoms with Gasteiger partial charge in [-0.3, -0.25) is 9.89 Å². The summed E-state index contributed by atoms with van der Waals surface area (Å²) >= 11 is 3.17.